The van der Waals surface area contributed by atoms with Crippen molar-refractivity contribution in [1.29, 1.82) is 0 Å². The SMILES string of the molecule is O=C(/C=C/C(=O)c1ccc(Br)cc1)Nc1cccc(O)c1. The quantitative estimate of drug-likeness (QED) is 0.657. The van der Waals surface area contributed by atoms with Gasteiger partial charge in [-0.3, -0.25) is 9.59 Å². The molecule has 0 heterocycles. The summed E-state index contributed by atoms with van der Waals surface area (Å²) in [6, 6.07) is 13.0. The van der Waals surface area contributed by atoms with Crippen LogP contribution >= 0.6 is 15.9 Å². The summed E-state index contributed by atoms with van der Waals surface area (Å²) in [5.41, 5.74) is 0.959. The van der Waals surface area contributed by atoms with Crippen LogP contribution in [0.5, 0.6) is 5.75 Å². The van der Waals surface area contributed by atoms with Gasteiger partial charge in [0, 0.05) is 27.9 Å². The van der Waals surface area contributed by atoms with Crippen molar-refractivity contribution < 1.29 is 14.7 Å². The molecule has 0 aliphatic carbocycles. The smallest absolute Gasteiger partial charge is 0.248 e. The number of anilines is 1. The van der Waals surface area contributed by atoms with Crippen LogP contribution in [0, 0.1) is 0 Å². The fourth-order valence-corrected chi connectivity index (χ4v) is 1.89. The van der Waals surface area contributed by atoms with Crippen molar-refractivity contribution in [2.24, 2.45) is 0 Å². The van der Waals surface area contributed by atoms with Gasteiger partial charge in [0.15, 0.2) is 5.78 Å². The first kappa shape index (κ1) is 15.0. The van der Waals surface area contributed by atoms with Crippen molar-refractivity contribution in [3.63, 3.8) is 0 Å². The second kappa shape index (κ2) is 6.85. The third kappa shape index (κ3) is 4.57. The predicted molar refractivity (Wildman–Crippen MR) is 84.3 cm³/mol. The third-order valence-corrected chi connectivity index (χ3v) is 3.16. The van der Waals surface area contributed by atoms with E-state index in [0.29, 0.717) is 11.3 Å². The van der Waals surface area contributed by atoms with Crippen LogP contribution in [-0.4, -0.2) is 16.8 Å². The molecule has 2 N–H and O–H groups in total. The second-order valence-corrected chi connectivity index (χ2v) is 5.16. The van der Waals surface area contributed by atoms with Gasteiger partial charge in [-0.2, -0.15) is 0 Å². The maximum Gasteiger partial charge on any atom is 0.248 e. The highest BCUT2D eigenvalue weighted by molar-refractivity contribution is 9.10. The Labute approximate surface area is 130 Å². The number of allylic oxidation sites excluding steroid dienone is 1. The monoisotopic (exact) mass is 345 g/mol. The van der Waals surface area contributed by atoms with E-state index in [1.165, 1.54) is 18.2 Å². The van der Waals surface area contributed by atoms with Gasteiger partial charge in [0.25, 0.3) is 0 Å². The maximum absolute atomic E-state index is 11.8. The van der Waals surface area contributed by atoms with Gasteiger partial charge in [0.05, 0.1) is 0 Å². The first-order chi connectivity index (χ1) is 10.0. The Morgan fingerprint density at radius 3 is 2.43 bits per heavy atom. The first-order valence-electron chi connectivity index (χ1n) is 6.12. The number of ketones is 1. The molecule has 2 aromatic rings. The number of hydrogen-bond donors (Lipinski definition) is 2. The van der Waals surface area contributed by atoms with E-state index in [0.717, 1.165) is 10.5 Å². The van der Waals surface area contributed by atoms with Crippen molar-refractivity contribution in [3.8, 4) is 5.75 Å². The van der Waals surface area contributed by atoms with E-state index >= 15 is 0 Å². The number of benzene rings is 2. The molecule has 4 nitrogen and oxygen atoms in total. The summed E-state index contributed by atoms with van der Waals surface area (Å²) in [5.74, 6) is -0.637. The molecule has 1 amide bonds. The number of aromatic hydroxyl groups is 1. The number of nitrogens with one attached hydrogen (secondary N) is 1. The fourth-order valence-electron chi connectivity index (χ4n) is 1.63. The lowest BCUT2D eigenvalue weighted by Gasteiger charge is -2.02. The minimum absolute atomic E-state index is 0.0581. The van der Waals surface area contributed by atoms with E-state index in [1.54, 1.807) is 36.4 Å². The molecule has 0 spiro atoms. The highest BCUT2D eigenvalue weighted by Gasteiger charge is 2.03. The highest BCUT2D eigenvalue weighted by atomic mass is 79.9. The first-order valence-corrected chi connectivity index (χ1v) is 6.92. The molecule has 0 radical (unpaired) electrons. The average molecular weight is 346 g/mol. The molecular weight excluding hydrogens is 334 g/mol. The number of phenols is 1. The average Bonchev–Trinajstić information content (AvgIpc) is 2.45. The van der Waals surface area contributed by atoms with Gasteiger partial charge in [-0.25, -0.2) is 0 Å². The predicted octanol–water partition coefficient (Wildman–Crippen LogP) is 3.53. The Bertz CT molecular complexity index is 693. The van der Waals surface area contributed by atoms with Crippen LogP contribution in [0.25, 0.3) is 0 Å². The largest absolute Gasteiger partial charge is 0.508 e. The van der Waals surface area contributed by atoms with Crippen molar-refractivity contribution in [2.45, 2.75) is 0 Å². The molecule has 0 unspecified atom stereocenters. The Morgan fingerprint density at radius 1 is 1.05 bits per heavy atom. The minimum atomic E-state index is -0.439. The molecular formula is C16H12BrNO3. The summed E-state index contributed by atoms with van der Waals surface area (Å²) < 4.78 is 0.879. The van der Waals surface area contributed by atoms with Gasteiger partial charge in [0.2, 0.25) is 5.91 Å². The summed E-state index contributed by atoms with van der Waals surface area (Å²) in [6.07, 6.45) is 2.37. The second-order valence-electron chi connectivity index (χ2n) is 4.24. The van der Waals surface area contributed by atoms with Crippen molar-refractivity contribution in [1.82, 2.24) is 0 Å². The standard InChI is InChI=1S/C16H12BrNO3/c17-12-6-4-11(5-7-12)15(20)8-9-16(21)18-13-2-1-3-14(19)10-13/h1-10,19H,(H,18,21)/b9-8+. The summed E-state index contributed by atoms with van der Waals surface area (Å²) in [7, 11) is 0. The number of halogens is 1. The van der Waals surface area contributed by atoms with Crippen LogP contribution in [0.15, 0.2) is 65.2 Å². The normalized spacial score (nSPS) is 10.5. The molecule has 0 aliphatic rings. The maximum atomic E-state index is 11.8. The molecule has 5 heteroatoms. The Hall–Kier alpha value is -2.40. The lowest BCUT2D eigenvalue weighted by atomic mass is 10.1. The molecule has 106 valence electrons. The number of rotatable bonds is 4. The molecule has 0 aromatic heterocycles. The van der Waals surface area contributed by atoms with E-state index < -0.39 is 5.91 Å². The van der Waals surface area contributed by atoms with E-state index in [9.17, 15) is 14.7 Å². The van der Waals surface area contributed by atoms with Crippen LogP contribution < -0.4 is 5.32 Å². The van der Waals surface area contributed by atoms with Gasteiger partial charge in [-0.05, 0) is 42.5 Å². The van der Waals surface area contributed by atoms with Gasteiger partial charge >= 0.3 is 0 Å². The van der Waals surface area contributed by atoms with Crippen molar-refractivity contribution in [2.75, 3.05) is 5.32 Å². The van der Waals surface area contributed by atoms with E-state index in [4.69, 9.17) is 0 Å². The zero-order valence-corrected chi connectivity index (χ0v) is 12.5. The minimum Gasteiger partial charge on any atom is -0.508 e. The Balaban J connectivity index is 1.98. The highest BCUT2D eigenvalue weighted by Crippen LogP contribution is 2.15. The van der Waals surface area contributed by atoms with Gasteiger partial charge in [-0.1, -0.05) is 22.0 Å². The number of phenolic OH excluding ortho intramolecular Hbond substituents is 1. The lowest BCUT2D eigenvalue weighted by Crippen LogP contribution is -2.08. The topological polar surface area (TPSA) is 66.4 Å². The van der Waals surface area contributed by atoms with Crippen molar-refractivity contribution in [3.05, 3.63) is 70.7 Å². The van der Waals surface area contributed by atoms with E-state index in [2.05, 4.69) is 21.2 Å². The van der Waals surface area contributed by atoms with Crippen LogP contribution in [0.4, 0.5) is 5.69 Å². The van der Waals surface area contributed by atoms with Crippen molar-refractivity contribution >= 4 is 33.3 Å². The molecule has 0 fully saturated rings. The summed E-state index contributed by atoms with van der Waals surface area (Å²) in [4.78, 5) is 23.5. The molecule has 0 aliphatic heterocycles. The fraction of sp³-hybridized carbons (Fsp3) is 0. The molecule has 2 aromatic carbocycles. The summed E-state index contributed by atoms with van der Waals surface area (Å²) in [6.45, 7) is 0. The summed E-state index contributed by atoms with van der Waals surface area (Å²) in [5, 5.41) is 11.8. The van der Waals surface area contributed by atoms with Crippen LogP contribution in [0.1, 0.15) is 10.4 Å². The van der Waals surface area contributed by atoms with E-state index in [-0.39, 0.29) is 11.5 Å². The zero-order chi connectivity index (χ0) is 15.2. The molecule has 0 saturated heterocycles. The van der Waals surface area contributed by atoms with Crippen LogP contribution in [0.2, 0.25) is 0 Å². The Morgan fingerprint density at radius 2 is 1.76 bits per heavy atom. The van der Waals surface area contributed by atoms with Gasteiger partial charge in [0.1, 0.15) is 5.75 Å². The molecule has 0 saturated carbocycles. The molecule has 0 bridgehead atoms. The number of carbonyl (C=O) groups is 2. The van der Waals surface area contributed by atoms with Crippen LogP contribution in [0.3, 0.4) is 0 Å². The Kier molecular flexibility index (Phi) is 4.90. The van der Waals surface area contributed by atoms with Gasteiger partial charge < -0.3 is 10.4 Å². The lowest BCUT2D eigenvalue weighted by molar-refractivity contribution is -0.111. The van der Waals surface area contributed by atoms with Crippen LogP contribution in [-0.2, 0) is 4.79 Å². The van der Waals surface area contributed by atoms with E-state index in [1.807, 2.05) is 0 Å². The molecule has 2 rings (SSSR count). The number of carbonyl (C=O) groups excluding carboxylic acids is 2. The number of amides is 1. The van der Waals surface area contributed by atoms with Gasteiger partial charge in [-0.15, -0.1) is 0 Å². The molecule has 0 atom stereocenters. The third-order valence-electron chi connectivity index (χ3n) is 2.63. The number of hydrogen-bond acceptors (Lipinski definition) is 3. The molecule has 21 heavy (non-hydrogen) atoms. The summed E-state index contributed by atoms with van der Waals surface area (Å²) >= 11 is 3.29. The zero-order valence-electron chi connectivity index (χ0n) is 10.9.